The quantitative estimate of drug-likeness (QED) is 0.747. The molecule has 1 aliphatic carbocycles. The van der Waals surface area contributed by atoms with Crippen LogP contribution in [0.3, 0.4) is 0 Å². The van der Waals surface area contributed by atoms with Gasteiger partial charge in [0.15, 0.2) is 0 Å². The molecule has 82 valence electrons. The fourth-order valence-corrected chi connectivity index (χ4v) is 4.37. The van der Waals surface area contributed by atoms with Gasteiger partial charge in [-0.25, -0.2) is 0 Å². The van der Waals surface area contributed by atoms with E-state index in [-0.39, 0.29) is 5.78 Å². The minimum Gasteiger partial charge on any atom is -0.287 e. The van der Waals surface area contributed by atoms with Crippen molar-refractivity contribution in [3.63, 3.8) is 0 Å². The number of halogens is 1. The molecule has 1 aliphatic rings. The molecule has 0 spiro atoms. The molecule has 0 amide bonds. The average molecular weight is 269 g/mol. The summed E-state index contributed by atoms with van der Waals surface area (Å²) in [5.41, 5.74) is 1.36. The van der Waals surface area contributed by atoms with Crippen LogP contribution in [0.1, 0.15) is 31.4 Å². The Hall–Kier alpha value is -0.640. The Bertz CT molecular complexity index is 532. The molecule has 0 saturated heterocycles. The number of hydrogen-bond donors (Lipinski definition) is 0. The third-order valence-electron chi connectivity index (χ3n) is 2.79. The SMILES string of the molecule is O=C(c1cc2c(s1)CCC2)c1sccc1Cl. The summed E-state index contributed by atoms with van der Waals surface area (Å²) in [6.45, 7) is 0. The Balaban J connectivity index is 1.98. The van der Waals surface area contributed by atoms with Gasteiger partial charge in [-0.3, -0.25) is 4.79 Å². The van der Waals surface area contributed by atoms with E-state index in [1.54, 1.807) is 17.4 Å². The molecule has 16 heavy (non-hydrogen) atoms. The highest BCUT2D eigenvalue weighted by atomic mass is 35.5. The smallest absolute Gasteiger partial charge is 0.214 e. The van der Waals surface area contributed by atoms with E-state index in [1.165, 1.54) is 28.2 Å². The van der Waals surface area contributed by atoms with Crippen LogP contribution >= 0.6 is 34.3 Å². The van der Waals surface area contributed by atoms with Crippen LogP contribution in [-0.2, 0) is 12.8 Å². The molecule has 0 bridgehead atoms. The first-order chi connectivity index (χ1) is 7.75. The van der Waals surface area contributed by atoms with E-state index in [4.69, 9.17) is 11.6 Å². The lowest BCUT2D eigenvalue weighted by Crippen LogP contribution is -1.95. The minimum atomic E-state index is 0.0828. The van der Waals surface area contributed by atoms with Gasteiger partial charge in [-0.05, 0) is 42.3 Å². The van der Waals surface area contributed by atoms with Crippen LogP contribution in [0.25, 0.3) is 0 Å². The largest absolute Gasteiger partial charge is 0.287 e. The summed E-state index contributed by atoms with van der Waals surface area (Å²) in [5.74, 6) is 0.0828. The molecule has 2 aromatic heterocycles. The van der Waals surface area contributed by atoms with Crippen molar-refractivity contribution in [2.45, 2.75) is 19.3 Å². The van der Waals surface area contributed by atoms with Gasteiger partial charge in [-0.2, -0.15) is 0 Å². The molecule has 0 aliphatic heterocycles. The van der Waals surface area contributed by atoms with Gasteiger partial charge in [0.1, 0.15) is 0 Å². The zero-order chi connectivity index (χ0) is 11.1. The normalized spacial score (nSPS) is 14.1. The second kappa shape index (κ2) is 3.99. The van der Waals surface area contributed by atoms with Crippen LogP contribution in [-0.4, -0.2) is 5.78 Å². The van der Waals surface area contributed by atoms with E-state index in [0.717, 1.165) is 17.7 Å². The number of hydrogen-bond acceptors (Lipinski definition) is 3. The molecule has 0 unspecified atom stereocenters. The number of carbonyl (C=O) groups excluding carboxylic acids is 1. The summed E-state index contributed by atoms with van der Waals surface area (Å²) in [6.07, 6.45) is 3.48. The lowest BCUT2D eigenvalue weighted by Gasteiger charge is -1.94. The number of rotatable bonds is 2. The molecule has 0 aromatic carbocycles. The molecule has 3 rings (SSSR count). The van der Waals surface area contributed by atoms with Crippen LogP contribution in [0.15, 0.2) is 17.5 Å². The molecule has 2 aromatic rings. The van der Waals surface area contributed by atoms with Crippen LogP contribution in [0.2, 0.25) is 5.02 Å². The van der Waals surface area contributed by atoms with Crippen LogP contribution in [0.4, 0.5) is 0 Å². The molecule has 2 heterocycles. The number of aryl methyl sites for hydroxylation is 2. The Labute approximate surface area is 107 Å². The zero-order valence-corrected chi connectivity index (χ0v) is 10.8. The fourth-order valence-electron chi connectivity index (χ4n) is 2.01. The fraction of sp³-hybridized carbons (Fsp3) is 0.250. The molecule has 0 saturated carbocycles. The summed E-state index contributed by atoms with van der Waals surface area (Å²) < 4.78 is 0. The summed E-state index contributed by atoms with van der Waals surface area (Å²) >= 11 is 9.03. The molecule has 0 radical (unpaired) electrons. The van der Waals surface area contributed by atoms with E-state index < -0.39 is 0 Å². The lowest BCUT2D eigenvalue weighted by molar-refractivity contribution is 0.104. The Morgan fingerprint density at radius 3 is 2.94 bits per heavy atom. The van der Waals surface area contributed by atoms with Gasteiger partial charge >= 0.3 is 0 Å². The number of carbonyl (C=O) groups is 1. The van der Waals surface area contributed by atoms with Gasteiger partial charge in [0, 0.05) is 4.88 Å². The molecule has 0 fully saturated rings. The van der Waals surface area contributed by atoms with E-state index in [0.29, 0.717) is 9.90 Å². The third kappa shape index (κ3) is 1.63. The van der Waals surface area contributed by atoms with Crippen molar-refractivity contribution in [3.8, 4) is 0 Å². The van der Waals surface area contributed by atoms with E-state index in [2.05, 4.69) is 0 Å². The molecule has 4 heteroatoms. The summed E-state index contributed by atoms with van der Waals surface area (Å²) in [7, 11) is 0. The number of thiophene rings is 2. The highest BCUT2D eigenvalue weighted by Gasteiger charge is 2.21. The van der Waals surface area contributed by atoms with Gasteiger partial charge in [0.25, 0.3) is 0 Å². The molecule has 1 nitrogen and oxygen atoms in total. The number of ketones is 1. The highest BCUT2D eigenvalue weighted by Crippen LogP contribution is 2.33. The zero-order valence-electron chi connectivity index (χ0n) is 8.46. The monoisotopic (exact) mass is 268 g/mol. The van der Waals surface area contributed by atoms with Crippen molar-refractivity contribution in [1.29, 1.82) is 0 Å². The average Bonchev–Trinajstić information content (AvgIpc) is 2.89. The maximum atomic E-state index is 12.2. The standard InChI is InChI=1S/C12H9ClOS2/c13-8-4-5-15-12(8)11(14)10-6-7-2-1-3-9(7)16-10/h4-6H,1-3H2. The molecular weight excluding hydrogens is 260 g/mol. The van der Waals surface area contributed by atoms with E-state index >= 15 is 0 Å². The summed E-state index contributed by atoms with van der Waals surface area (Å²) in [6, 6.07) is 3.83. The van der Waals surface area contributed by atoms with Gasteiger partial charge in [0.2, 0.25) is 5.78 Å². The lowest BCUT2D eigenvalue weighted by atomic mass is 10.2. The van der Waals surface area contributed by atoms with Crippen molar-refractivity contribution in [2.75, 3.05) is 0 Å². The Kier molecular flexibility index (Phi) is 2.62. The van der Waals surface area contributed by atoms with E-state index in [9.17, 15) is 4.79 Å². The first-order valence-electron chi connectivity index (χ1n) is 5.15. The van der Waals surface area contributed by atoms with Crippen LogP contribution in [0.5, 0.6) is 0 Å². The first kappa shape index (κ1) is 10.5. The number of fused-ring (bicyclic) bond motifs is 1. The summed E-state index contributed by atoms with van der Waals surface area (Å²) in [5, 5.41) is 2.43. The predicted octanol–water partition coefficient (Wildman–Crippen LogP) is 4.18. The van der Waals surface area contributed by atoms with Crippen molar-refractivity contribution in [3.05, 3.63) is 42.7 Å². The maximum Gasteiger partial charge on any atom is 0.214 e. The highest BCUT2D eigenvalue weighted by molar-refractivity contribution is 7.17. The Morgan fingerprint density at radius 1 is 1.38 bits per heavy atom. The van der Waals surface area contributed by atoms with Crippen LogP contribution in [0, 0.1) is 0 Å². The molecular formula is C12H9ClOS2. The van der Waals surface area contributed by atoms with Crippen LogP contribution < -0.4 is 0 Å². The second-order valence-electron chi connectivity index (χ2n) is 3.84. The van der Waals surface area contributed by atoms with Gasteiger partial charge < -0.3 is 0 Å². The van der Waals surface area contributed by atoms with Gasteiger partial charge in [-0.15, -0.1) is 22.7 Å². The maximum absolute atomic E-state index is 12.2. The topological polar surface area (TPSA) is 17.1 Å². The van der Waals surface area contributed by atoms with Crippen molar-refractivity contribution < 1.29 is 4.79 Å². The van der Waals surface area contributed by atoms with Crippen molar-refractivity contribution >= 4 is 40.1 Å². The van der Waals surface area contributed by atoms with E-state index in [1.807, 2.05) is 11.4 Å². The third-order valence-corrected chi connectivity index (χ3v) is 5.37. The second-order valence-corrected chi connectivity index (χ2v) is 6.30. The predicted molar refractivity (Wildman–Crippen MR) is 69.1 cm³/mol. The van der Waals surface area contributed by atoms with Gasteiger partial charge in [-0.1, -0.05) is 11.6 Å². The molecule has 0 N–H and O–H groups in total. The summed E-state index contributed by atoms with van der Waals surface area (Å²) in [4.78, 5) is 15.1. The van der Waals surface area contributed by atoms with Crippen molar-refractivity contribution in [2.24, 2.45) is 0 Å². The minimum absolute atomic E-state index is 0.0828. The van der Waals surface area contributed by atoms with Crippen molar-refractivity contribution in [1.82, 2.24) is 0 Å². The first-order valence-corrected chi connectivity index (χ1v) is 7.22. The molecule has 0 atom stereocenters. The Morgan fingerprint density at radius 2 is 2.25 bits per heavy atom. The van der Waals surface area contributed by atoms with Gasteiger partial charge in [0.05, 0.1) is 14.8 Å².